The Hall–Kier alpha value is -1.27. The second-order valence-electron chi connectivity index (χ2n) is 5.39. The number of anilines is 2. The molecule has 20 heavy (non-hydrogen) atoms. The third-order valence-electron chi connectivity index (χ3n) is 3.38. The number of hydrogen-bond donors (Lipinski definition) is 1. The molecule has 6 nitrogen and oxygen atoms in total. The van der Waals surface area contributed by atoms with E-state index in [1.165, 1.54) is 0 Å². The highest BCUT2D eigenvalue weighted by molar-refractivity contribution is 5.67. The number of aromatic nitrogens is 2. The summed E-state index contributed by atoms with van der Waals surface area (Å²) in [5.41, 5.74) is 8.00. The Morgan fingerprint density at radius 3 is 2.35 bits per heavy atom. The number of aryl methyl sites for hydroxylation is 1. The minimum Gasteiger partial charge on any atom is -0.394 e. The fourth-order valence-corrected chi connectivity index (χ4v) is 2.37. The van der Waals surface area contributed by atoms with E-state index in [-0.39, 0.29) is 6.04 Å². The molecule has 0 aliphatic carbocycles. The first-order chi connectivity index (χ1) is 9.43. The van der Waals surface area contributed by atoms with Crippen LogP contribution in [0.2, 0.25) is 0 Å². The third kappa shape index (κ3) is 3.64. The predicted molar refractivity (Wildman–Crippen MR) is 82.3 cm³/mol. The Morgan fingerprint density at radius 2 is 1.90 bits per heavy atom. The van der Waals surface area contributed by atoms with Gasteiger partial charge in [-0.1, -0.05) is 13.8 Å². The average Bonchev–Trinajstić information content (AvgIpc) is 2.67. The van der Waals surface area contributed by atoms with Crippen LogP contribution in [0.4, 0.5) is 11.5 Å². The third-order valence-corrected chi connectivity index (χ3v) is 3.38. The Bertz CT molecular complexity index is 418. The molecule has 1 heterocycles. The Balaban J connectivity index is 3.12. The number of ether oxygens (including phenoxy) is 2. The van der Waals surface area contributed by atoms with Gasteiger partial charge in [0.1, 0.15) is 0 Å². The summed E-state index contributed by atoms with van der Waals surface area (Å²) in [6.07, 6.45) is 0. The molecule has 1 atom stereocenters. The van der Waals surface area contributed by atoms with Gasteiger partial charge in [0.05, 0.1) is 30.6 Å². The lowest BCUT2D eigenvalue weighted by Gasteiger charge is -2.30. The molecule has 6 heteroatoms. The van der Waals surface area contributed by atoms with Crippen molar-refractivity contribution in [1.82, 2.24) is 9.78 Å². The molecule has 0 fully saturated rings. The van der Waals surface area contributed by atoms with Crippen LogP contribution in [0.25, 0.3) is 0 Å². The Morgan fingerprint density at radius 1 is 1.25 bits per heavy atom. The first-order valence-electron chi connectivity index (χ1n) is 7.00. The van der Waals surface area contributed by atoms with E-state index in [0.717, 1.165) is 23.7 Å². The van der Waals surface area contributed by atoms with E-state index in [1.807, 2.05) is 11.7 Å². The second kappa shape index (κ2) is 7.50. The van der Waals surface area contributed by atoms with Crippen molar-refractivity contribution < 1.29 is 9.47 Å². The van der Waals surface area contributed by atoms with Crippen molar-refractivity contribution in [2.24, 2.45) is 7.05 Å². The highest BCUT2D eigenvalue weighted by atomic mass is 16.5. The van der Waals surface area contributed by atoms with Crippen LogP contribution in [0, 0.1) is 0 Å². The van der Waals surface area contributed by atoms with Crippen LogP contribution in [0.1, 0.15) is 32.4 Å². The van der Waals surface area contributed by atoms with E-state index in [4.69, 9.17) is 15.2 Å². The van der Waals surface area contributed by atoms with Crippen LogP contribution in [0.15, 0.2) is 0 Å². The molecule has 0 saturated heterocycles. The number of rotatable bonds is 8. The van der Waals surface area contributed by atoms with Crippen molar-refractivity contribution in [2.75, 3.05) is 44.6 Å². The van der Waals surface area contributed by atoms with Crippen LogP contribution in [-0.2, 0) is 16.5 Å². The summed E-state index contributed by atoms with van der Waals surface area (Å²) in [5, 5.41) is 4.55. The summed E-state index contributed by atoms with van der Waals surface area (Å²) < 4.78 is 12.3. The zero-order chi connectivity index (χ0) is 15.3. The van der Waals surface area contributed by atoms with Gasteiger partial charge in [-0.05, 0) is 12.8 Å². The van der Waals surface area contributed by atoms with E-state index in [9.17, 15) is 0 Å². The van der Waals surface area contributed by atoms with E-state index in [2.05, 4.69) is 30.8 Å². The quantitative estimate of drug-likeness (QED) is 0.785. The maximum absolute atomic E-state index is 6.31. The van der Waals surface area contributed by atoms with E-state index in [1.54, 1.807) is 14.2 Å². The fraction of sp³-hybridized carbons (Fsp3) is 0.786. The molecule has 0 amide bonds. The molecular formula is C14H28N4O2. The van der Waals surface area contributed by atoms with Crippen LogP contribution in [0.5, 0.6) is 0 Å². The van der Waals surface area contributed by atoms with Gasteiger partial charge in [0.25, 0.3) is 0 Å². The summed E-state index contributed by atoms with van der Waals surface area (Å²) in [5.74, 6) is 1.24. The van der Waals surface area contributed by atoms with Crippen LogP contribution < -0.4 is 10.6 Å². The molecule has 1 unspecified atom stereocenters. The van der Waals surface area contributed by atoms with E-state index in [0.29, 0.717) is 19.1 Å². The SMILES string of the molecule is COCCN(c1c(N)c(C(C)C)nn1C)C(C)COC. The number of nitrogens with zero attached hydrogens (tertiary/aromatic N) is 3. The Kier molecular flexibility index (Phi) is 6.29. The molecule has 1 rings (SSSR count). The highest BCUT2D eigenvalue weighted by Crippen LogP contribution is 2.31. The molecule has 116 valence electrons. The summed E-state index contributed by atoms with van der Waals surface area (Å²) >= 11 is 0. The van der Waals surface area contributed by atoms with Gasteiger partial charge in [-0.25, -0.2) is 0 Å². The van der Waals surface area contributed by atoms with Gasteiger partial charge >= 0.3 is 0 Å². The standard InChI is InChI=1S/C14H28N4O2/c1-10(2)13-12(15)14(17(4)16-13)18(7-8-19-5)11(3)9-20-6/h10-11H,7-9,15H2,1-6H3. The molecule has 1 aromatic heterocycles. The van der Waals surface area contributed by atoms with Crippen molar-refractivity contribution >= 4 is 11.5 Å². The number of nitrogen functional groups attached to an aromatic ring is 1. The maximum atomic E-state index is 6.31. The minimum absolute atomic E-state index is 0.202. The van der Waals surface area contributed by atoms with Crippen LogP contribution >= 0.6 is 0 Å². The average molecular weight is 284 g/mol. The summed E-state index contributed by atoms with van der Waals surface area (Å²) in [4.78, 5) is 2.20. The minimum atomic E-state index is 0.202. The van der Waals surface area contributed by atoms with Crippen molar-refractivity contribution in [1.29, 1.82) is 0 Å². The lowest BCUT2D eigenvalue weighted by molar-refractivity contribution is 0.170. The lowest BCUT2D eigenvalue weighted by atomic mass is 10.1. The molecule has 0 bridgehead atoms. The van der Waals surface area contributed by atoms with Crippen molar-refractivity contribution in [3.8, 4) is 0 Å². The monoisotopic (exact) mass is 284 g/mol. The van der Waals surface area contributed by atoms with Gasteiger partial charge < -0.3 is 20.1 Å². The molecule has 0 saturated carbocycles. The number of methoxy groups -OCH3 is 2. The van der Waals surface area contributed by atoms with Crippen LogP contribution in [-0.4, -0.2) is 49.8 Å². The van der Waals surface area contributed by atoms with Crippen molar-refractivity contribution in [2.45, 2.75) is 32.7 Å². The molecule has 0 radical (unpaired) electrons. The molecule has 0 spiro atoms. The molecular weight excluding hydrogens is 256 g/mol. The fourth-order valence-electron chi connectivity index (χ4n) is 2.37. The van der Waals surface area contributed by atoms with Crippen molar-refractivity contribution in [3.63, 3.8) is 0 Å². The highest BCUT2D eigenvalue weighted by Gasteiger charge is 2.24. The largest absolute Gasteiger partial charge is 0.394 e. The molecule has 0 aliphatic rings. The van der Waals surface area contributed by atoms with Gasteiger partial charge in [0.2, 0.25) is 0 Å². The van der Waals surface area contributed by atoms with E-state index >= 15 is 0 Å². The lowest BCUT2D eigenvalue weighted by Crippen LogP contribution is -2.40. The van der Waals surface area contributed by atoms with E-state index < -0.39 is 0 Å². The van der Waals surface area contributed by atoms with Gasteiger partial charge in [-0.2, -0.15) is 5.10 Å². The van der Waals surface area contributed by atoms with Gasteiger partial charge in [-0.3, -0.25) is 4.68 Å². The number of nitrogens with two attached hydrogens (primary N) is 1. The zero-order valence-corrected chi connectivity index (χ0v) is 13.5. The summed E-state index contributed by atoms with van der Waals surface area (Å²) in [6.45, 7) is 8.32. The van der Waals surface area contributed by atoms with Crippen LogP contribution in [0.3, 0.4) is 0 Å². The smallest absolute Gasteiger partial charge is 0.150 e. The maximum Gasteiger partial charge on any atom is 0.150 e. The normalized spacial score (nSPS) is 12.9. The number of hydrogen-bond acceptors (Lipinski definition) is 5. The molecule has 0 aromatic carbocycles. The first kappa shape index (κ1) is 16.8. The first-order valence-corrected chi connectivity index (χ1v) is 7.00. The summed E-state index contributed by atoms with van der Waals surface area (Å²) in [6, 6.07) is 0.202. The Labute approximate surface area is 121 Å². The van der Waals surface area contributed by atoms with Crippen molar-refractivity contribution in [3.05, 3.63) is 5.69 Å². The zero-order valence-electron chi connectivity index (χ0n) is 13.5. The predicted octanol–water partition coefficient (Wildman–Crippen LogP) is 1.61. The molecule has 1 aromatic rings. The molecule has 2 N–H and O–H groups in total. The topological polar surface area (TPSA) is 65.5 Å². The van der Waals surface area contributed by atoms with Gasteiger partial charge in [-0.15, -0.1) is 0 Å². The van der Waals surface area contributed by atoms with Gasteiger partial charge in [0, 0.05) is 27.8 Å². The second-order valence-corrected chi connectivity index (χ2v) is 5.39. The summed E-state index contributed by atoms with van der Waals surface area (Å²) in [7, 11) is 5.33. The van der Waals surface area contributed by atoms with Gasteiger partial charge in [0.15, 0.2) is 5.82 Å². The molecule has 0 aliphatic heterocycles.